The van der Waals surface area contributed by atoms with Crippen LogP contribution in [0, 0.1) is 19.8 Å². The van der Waals surface area contributed by atoms with Crippen molar-refractivity contribution < 1.29 is 19.1 Å². The molecule has 8 heteroatoms. The maximum atomic E-state index is 12.6. The van der Waals surface area contributed by atoms with Gasteiger partial charge in [0.25, 0.3) is 0 Å². The van der Waals surface area contributed by atoms with Crippen LogP contribution in [0.2, 0.25) is 0 Å². The Hall–Kier alpha value is -2.16. The number of urea groups is 1. The van der Waals surface area contributed by atoms with Crippen LogP contribution in [-0.4, -0.2) is 87.4 Å². The molecule has 1 aromatic rings. The van der Waals surface area contributed by atoms with Crippen LogP contribution in [-0.2, 0) is 14.3 Å². The van der Waals surface area contributed by atoms with Gasteiger partial charge in [-0.3, -0.25) is 9.69 Å². The monoisotopic (exact) mass is 418 g/mol. The van der Waals surface area contributed by atoms with Gasteiger partial charge in [0.05, 0.1) is 19.8 Å². The van der Waals surface area contributed by atoms with E-state index in [0.29, 0.717) is 12.5 Å². The first-order chi connectivity index (χ1) is 14.5. The molecule has 2 fully saturated rings. The van der Waals surface area contributed by atoms with Crippen molar-refractivity contribution in [1.29, 1.82) is 0 Å². The first-order valence-electron chi connectivity index (χ1n) is 10.7. The zero-order valence-corrected chi connectivity index (χ0v) is 18.3. The molecule has 1 aromatic carbocycles. The molecule has 0 saturated carbocycles. The molecule has 166 valence electrons. The average molecular weight is 419 g/mol. The van der Waals surface area contributed by atoms with E-state index in [-0.39, 0.29) is 24.5 Å². The van der Waals surface area contributed by atoms with E-state index in [1.165, 1.54) is 4.90 Å². The largest absolute Gasteiger partial charge is 0.381 e. The Morgan fingerprint density at radius 3 is 2.50 bits per heavy atom. The Balaban J connectivity index is 1.51. The van der Waals surface area contributed by atoms with Crippen LogP contribution >= 0.6 is 0 Å². The number of ether oxygens (including phenoxy) is 2. The molecule has 0 aliphatic carbocycles. The summed E-state index contributed by atoms with van der Waals surface area (Å²) in [7, 11) is 1.64. The number of morpholine rings is 1. The molecule has 30 heavy (non-hydrogen) atoms. The minimum absolute atomic E-state index is 0.00559. The lowest BCUT2D eigenvalue weighted by atomic mass is 9.97. The molecule has 3 amide bonds. The summed E-state index contributed by atoms with van der Waals surface area (Å²) < 4.78 is 11.1. The van der Waals surface area contributed by atoms with E-state index in [1.54, 1.807) is 7.05 Å². The van der Waals surface area contributed by atoms with Gasteiger partial charge in [-0.25, -0.2) is 4.79 Å². The van der Waals surface area contributed by atoms with Crippen molar-refractivity contribution in [3.63, 3.8) is 0 Å². The fourth-order valence-electron chi connectivity index (χ4n) is 4.16. The summed E-state index contributed by atoms with van der Waals surface area (Å²) in [6, 6.07) is 5.84. The fraction of sp³-hybridized carbons (Fsp3) is 0.636. The third-order valence-electron chi connectivity index (χ3n) is 5.96. The van der Waals surface area contributed by atoms with Gasteiger partial charge < -0.3 is 25.0 Å². The second kappa shape index (κ2) is 10.7. The Kier molecular flexibility index (Phi) is 8.07. The maximum Gasteiger partial charge on any atom is 0.317 e. The molecule has 0 spiro atoms. The third kappa shape index (κ3) is 5.93. The van der Waals surface area contributed by atoms with Crippen molar-refractivity contribution in [3.05, 3.63) is 29.3 Å². The van der Waals surface area contributed by atoms with Gasteiger partial charge >= 0.3 is 6.03 Å². The first-order valence-corrected chi connectivity index (χ1v) is 10.7. The van der Waals surface area contributed by atoms with Gasteiger partial charge in [-0.2, -0.15) is 0 Å². The highest BCUT2D eigenvalue weighted by Gasteiger charge is 2.32. The summed E-state index contributed by atoms with van der Waals surface area (Å²) in [4.78, 5) is 28.9. The lowest BCUT2D eigenvalue weighted by molar-refractivity contribution is -0.116. The SMILES string of the molecule is Cc1cccc(C)c1NC(=O)CN(C)C(=O)NC[C@H]([C@H]1CCOC1)N1CCOCC1. The minimum atomic E-state index is -0.246. The predicted molar refractivity (Wildman–Crippen MR) is 116 cm³/mol. The number of hydrogen-bond acceptors (Lipinski definition) is 5. The third-order valence-corrected chi connectivity index (χ3v) is 5.96. The molecule has 8 nitrogen and oxygen atoms in total. The van der Waals surface area contributed by atoms with Crippen molar-refractivity contribution in [1.82, 2.24) is 15.1 Å². The van der Waals surface area contributed by atoms with Crippen LogP contribution in [0.5, 0.6) is 0 Å². The number of carbonyl (C=O) groups is 2. The number of hydrogen-bond donors (Lipinski definition) is 2. The lowest BCUT2D eigenvalue weighted by Crippen LogP contribution is -2.53. The maximum absolute atomic E-state index is 12.6. The fourth-order valence-corrected chi connectivity index (χ4v) is 4.16. The van der Waals surface area contributed by atoms with Crippen molar-refractivity contribution in [3.8, 4) is 0 Å². The molecule has 2 aliphatic rings. The van der Waals surface area contributed by atoms with Gasteiger partial charge in [-0.1, -0.05) is 18.2 Å². The molecular weight excluding hydrogens is 384 g/mol. The Morgan fingerprint density at radius 1 is 1.17 bits per heavy atom. The Labute approximate surface area is 178 Å². The van der Waals surface area contributed by atoms with Gasteiger partial charge in [0, 0.05) is 50.9 Å². The summed E-state index contributed by atoms with van der Waals surface area (Å²) in [6.45, 7) is 9.12. The van der Waals surface area contributed by atoms with E-state index in [9.17, 15) is 9.59 Å². The number of anilines is 1. The number of aryl methyl sites for hydroxylation is 2. The van der Waals surface area contributed by atoms with E-state index in [1.807, 2.05) is 32.0 Å². The smallest absolute Gasteiger partial charge is 0.317 e. The number of rotatable bonds is 7. The lowest BCUT2D eigenvalue weighted by Gasteiger charge is -2.37. The standard InChI is InChI=1S/C22H34N4O4/c1-16-5-4-6-17(2)21(16)24-20(27)14-25(3)22(28)23-13-19(18-7-10-30-15-18)26-8-11-29-12-9-26/h4-6,18-19H,7-15H2,1-3H3,(H,23,28)(H,24,27)/t18-,19+/m0/s1. The number of para-hydroxylation sites is 1. The summed E-state index contributed by atoms with van der Waals surface area (Å²) in [6.07, 6.45) is 1.01. The van der Waals surface area contributed by atoms with Crippen LogP contribution in [0.1, 0.15) is 17.5 Å². The van der Waals surface area contributed by atoms with E-state index in [2.05, 4.69) is 15.5 Å². The molecule has 2 heterocycles. The minimum Gasteiger partial charge on any atom is -0.381 e. The van der Waals surface area contributed by atoms with Gasteiger partial charge in [0.15, 0.2) is 0 Å². The number of nitrogens with one attached hydrogen (secondary N) is 2. The highest BCUT2D eigenvalue weighted by Crippen LogP contribution is 2.22. The van der Waals surface area contributed by atoms with E-state index < -0.39 is 0 Å². The molecule has 0 bridgehead atoms. The van der Waals surface area contributed by atoms with Crippen LogP contribution in [0.25, 0.3) is 0 Å². The summed E-state index contributed by atoms with van der Waals surface area (Å²) in [5.41, 5.74) is 2.81. The highest BCUT2D eigenvalue weighted by atomic mass is 16.5. The summed E-state index contributed by atoms with van der Waals surface area (Å²) in [5, 5.41) is 5.94. The molecule has 0 unspecified atom stereocenters. The summed E-state index contributed by atoms with van der Waals surface area (Å²) >= 11 is 0. The van der Waals surface area contributed by atoms with Gasteiger partial charge in [-0.05, 0) is 31.4 Å². The number of nitrogens with zero attached hydrogens (tertiary/aromatic N) is 2. The number of likely N-dealkylation sites (N-methyl/N-ethyl adjacent to an activating group) is 1. The molecule has 2 atom stereocenters. The second-order valence-electron chi connectivity index (χ2n) is 8.20. The molecular formula is C22H34N4O4. The average Bonchev–Trinajstić information content (AvgIpc) is 3.26. The normalized spacial score (nSPS) is 20.6. The second-order valence-corrected chi connectivity index (χ2v) is 8.20. The van der Waals surface area contributed by atoms with Crippen LogP contribution in [0.4, 0.5) is 10.5 Å². The van der Waals surface area contributed by atoms with E-state index in [0.717, 1.165) is 62.8 Å². The van der Waals surface area contributed by atoms with Gasteiger partial charge in [0.1, 0.15) is 6.54 Å². The van der Waals surface area contributed by atoms with Crippen molar-refractivity contribution >= 4 is 17.6 Å². The van der Waals surface area contributed by atoms with Crippen LogP contribution < -0.4 is 10.6 Å². The molecule has 3 rings (SSSR count). The van der Waals surface area contributed by atoms with Gasteiger partial charge in [0.2, 0.25) is 5.91 Å². The van der Waals surface area contributed by atoms with E-state index >= 15 is 0 Å². The zero-order chi connectivity index (χ0) is 21.5. The molecule has 0 radical (unpaired) electrons. The number of benzene rings is 1. The van der Waals surface area contributed by atoms with E-state index in [4.69, 9.17) is 9.47 Å². The molecule has 2 aliphatic heterocycles. The number of amides is 3. The summed E-state index contributed by atoms with van der Waals surface area (Å²) in [5.74, 6) is 0.194. The topological polar surface area (TPSA) is 83.1 Å². The van der Waals surface area contributed by atoms with Crippen LogP contribution in [0.3, 0.4) is 0 Å². The number of carbonyl (C=O) groups excluding carboxylic acids is 2. The quantitative estimate of drug-likeness (QED) is 0.703. The van der Waals surface area contributed by atoms with Gasteiger partial charge in [-0.15, -0.1) is 0 Å². The molecule has 2 N–H and O–H groups in total. The Bertz CT molecular complexity index is 710. The highest BCUT2D eigenvalue weighted by molar-refractivity contribution is 5.95. The van der Waals surface area contributed by atoms with Crippen molar-refractivity contribution in [2.75, 3.05) is 65.0 Å². The zero-order valence-electron chi connectivity index (χ0n) is 18.3. The molecule has 0 aromatic heterocycles. The first kappa shape index (κ1) is 22.5. The van der Waals surface area contributed by atoms with Crippen molar-refractivity contribution in [2.24, 2.45) is 5.92 Å². The van der Waals surface area contributed by atoms with Crippen molar-refractivity contribution in [2.45, 2.75) is 26.3 Å². The Morgan fingerprint density at radius 2 is 1.87 bits per heavy atom. The van der Waals surface area contributed by atoms with Crippen LogP contribution in [0.15, 0.2) is 18.2 Å². The predicted octanol–water partition coefficient (Wildman–Crippen LogP) is 1.62. The molecule has 2 saturated heterocycles.